The third-order valence-corrected chi connectivity index (χ3v) is 8.15. The Bertz CT molecular complexity index is 1370. The van der Waals surface area contributed by atoms with Gasteiger partial charge in [-0.2, -0.15) is 0 Å². The number of benzene rings is 3. The molecule has 8 nitrogen and oxygen atoms in total. The fraction of sp³-hybridized carbons (Fsp3) is 0.375. The lowest BCUT2D eigenvalue weighted by molar-refractivity contribution is -0.141. The lowest BCUT2D eigenvalue weighted by Gasteiger charge is -2.33. The summed E-state index contributed by atoms with van der Waals surface area (Å²) in [5, 5.41) is 3.06. The maximum Gasteiger partial charge on any atom is 0.243 e. The molecule has 0 bridgehead atoms. The first-order chi connectivity index (χ1) is 19.6. The monoisotopic (exact) mass is 579 g/mol. The summed E-state index contributed by atoms with van der Waals surface area (Å²) in [7, 11) is -1.97. The summed E-state index contributed by atoms with van der Waals surface area (Å²) in [6.45, 7) is 4.28. The summed E-state index contributed by atoms with van der Waals surface area (Å²) < 4.78 is 31.8. The molecular weight excluding hydrogens is 538 g/mol. The van der Waals surface area contributed by atoms with Gasteiger partial charge in [-0.25, -0.2) is 8.42 Å². The number of anilines is 1. The molecule has 0 saturated heterocycles. The van der Waals surface area contributed by atoms with Crippen molar-refractivity contribution in [1.82, 2.24) is 10.2 Å². The van der Waals surface area contributed by atoms with Crippen LogP contribution in [-0.2, 0) is 32.6 Å². The molecule has 0 radical (unpaired) electrons. The third kappa shape index (κ3) is 9.63. The second kappa shape index (κ2) is 15.2. The number of amides is 2. The van der Waals surface area contributed by atoms with E-state index in [9.17, 15) is 18.0 Å². The predicted octanol–water partition coefficient (Wildman–Crippen LogP) is 4.80. The smallest absolute Gasteiger partial charge is 0.243 e. The summed E-state index contributed by atoms with van der Waals surface area (Å²) in [5.74, 6) is 0.210. The Morgan fingerprint density at radius 1 is 0.927 bits per heavy atom. The van der Waals surface area contributed by atoms with Crippen LogP contribution in [0.3, 0.4) is 0 Å². The van der Waals surface area contributed by atoms with E-state index < -0.39 is 16.1 Å². The standard InChI is InChI=1S/C32H41N3O5S/c1-5-25(2)33-32(37)30(23-26-14-8-6-9-15-26)34(24-27-16-12-19-29(22-27)40-3)31(36)20-13-21-35(41(4,38)39)28-17-10-7-11-18-28/h6-12,14-19,22,25,30H,5,13,20-21,23-24H2,1-4H3,(H,33,37)/t25-,30-/m0/s1. The van der Waals surface area contributed by atoms with E-state index in [1.165, 1.54) is 4.31 Å². The Morgan fingerprint density at radius 3 is 2.17 bits per heavy atom. The van der Waals surface area contributed by atoms with Crippen LogP contribution in [0.1, 0.15) is 44.2 Å². The molecule has 0 saturated carbocycles. The van der Waals surface area contributed by atoms with Crippen LogP contribution in [0.5, 0.6) is 5.75 Å². The van der Waals surface area contributed by atoms with Gasteiger partial charge in [-0.1, -0.05) is 67.6 Å². The molecular formula is C32H41N3O5S. The molecule has 2 amide bonds. The zero-order chi connectivity index (χ0) is 29.8. The van der Waals surface area contributed by atoms with Crippen LogP contribution in [0.2, 0.25) is 0 Å². The maximum atomic E-state index is 13.9. The Labute approximate surface area is 244 Å². The fourth-order valence-corrected chi connectivity index (χ4v) is 5.53. The number of para-hydroxylation sites is 1. The van der Waals surface area contributed by atoms with E-state index in [1.807, 2.05) is 74.5 Å². The van der Waals surface area contributed by atoms with Gasteiger partial charge >= 0.3 is 0 Å². The average molecular weight is 580 g/mol. The minimum absolute atomic E-state index is 0.0521. The lowest BCUT2D eigenvalue weighted by Crippen LogP contribution is -2.52. The number of ether oxygens (including phenoxy) is 1. The molecule has 41 heavy (non-hydrogen) atoms. The number of hydrogen-bond acceptors (Lipinski definition) is 5. The number of methoxy groups -OCH3 is 1. The largest absolute Gasteiger partial charge is 0.497 e. The fourth-order valence-electron chi connectivity index (χ4n) is 4.56. The summed E-state index contributed by atoms with van der Waals surface area (Å²) in [4.78, 5) is 29.2. The maximum absolute atomic E-state index is 13.9. The van der Waals surface area contributed by atoms with Gasteiger partial charge in [0.1, 0.15) is 11.8 Å². The van der Waals surface area contributed by atoms with Crippen LogP contribution in [0.4, 0.5) is 5.69 Å². The van der Waals surface area contributed by atoms with Crippen molar-refractivity contribution in [2.24, 2.45) is 0 Å². The van der Waals surface area contributed by atoms with E-state index in [-0.39, 0.29) is 37.4 Å². The molecule has 0 unspecified atom stereocenters. The van der Waals surface area contributed by atoms with Gasteiger partial charge in [0.05, 0.1) is 19.1 Å². The van der Waals surface area contributed by atoms with Crippen molar-refractivity contribution in [1.29, 1.82) is 0 Å². The van der Waals surface area contributed by atoms with E-state index in [1.54, 1.807) is 36.3 Å². The molecule has 3 aromatic rings. The van der Waals surface area contributed by atoms with E-state index in [4.69, 9.17) is 4.74 Å². The van der Waals surface area contributed by atoms with Crippen molar-refractivity contribution >= 4 is 27.5 Å². The summed E-state index contributed by atoms with van der Waals surface area (Å²) in [6, 6.07) is 25.1. The van der Waals surface area contributed by atoms with Gasteiger partial charge in [-0.3, -0.25) is 13.9 Å². The van der Waals surface area contributed by atoms with Gasteiger partial charge in [0.25, 0.3) is 0 Å². The minimum Gasteiger partial charge on any atom is -0.497 e. The highest BCUT2D eigenvalue weighted by atomic mass is 32.2. The van der Waals surface area contributed by atoms with E-state index in [0.29, 0.717) is 24.3 Å². The molecule has 3 rings (SSSR count). The van der Waals surface area contributed by atoms with Crippen LogP contribution in [0, 0.1) is 0 Å². The van der Waals surface area contributed by atoms with Gasteiger partial charge in [0, 0.05) is 32.0 Å². The first kappa shape index (κ1) is 31.7. The van der Waals surface area contributed by atoms with Crippen molar-refractivity contribution in [3.63, 3.8) is 0 Å². The number of nitrogens with one attached hydrogen (secondary N) is 1. The number of rotatable bonds is 15. The number of nitrogens with zero attached hydrogens (tertiary/aromatic N) is 2. The van der Waals surface area contributed by atoms with Gasteiger partial charge in [-0.05, 0) is 55.2 Å². The molecule has 220 valence electrons. The second-order valence-corrected chi connectivity index (χ2v) is 12.1. The molecule has 0 aromatic heterocycles. The van der Waals surface area contributed by atoms with Gasteiger partial charge in [-0.15, -0.1) is 0 Å². The zero-order valence-electron chi connectivity index (χ0n) is 24.3. The summed E-state index contributed by atoms with van der Waals surface area (Å²) in [5.41, 5.74) is 2.31. The lowest BCUT2D eigenvalue weighted by atomic mass is 10.0. The molecule has 3 aromatic carbocycles. The van der Waals surface area contributed by atoms with E-state index in [0.717, 1.165) is 23.8 Å². The molecule has 0 fully saturated rings. The van der Waals surface area contributed by atoms with Crippen molar-refractivity contribution in [3.8, 4) is 5.75 Å². The Kier molecular flexibility index (Phi) is 11.8. The summed E-state index contributed by atoms with van der Waals surface area (Å²) >= 11 is 0. The normalized spacial score (nSPS) is 12.7. The number of sulfonamides is 1. The molecule has 9 heteroatoms. The number of hydrogen-bond donors (Lipinski definition) is 1. The van der Waals surface area contributed by atoms with Crippen LogP contribution in [0.25, 0.3) is 0 Å². The first-order valence-corrected chi connectivity index (χ1v) is 15.8. The van der Waals surface area contributed by atoms with Crippen LogP contribution in [0.15, 0.2) is 84.9 Å². The van der Waals surface area contributed by atoms with E-state index in [2.05, 4.69) is 5.32 Å². The van der Waals surface area contributed by atoms with Crippen molar-refractivity contribution in [2.75, 3.05) is 24.2 Å². The Balaban J connectivity index is 1.90. The zero-order valence-corrected chi connectivity index (χ0v) is 25.1. The molecule has 0 aliphatic heterocycles. The second-order valence-electron chi connectivity index (χ2n) is 10.2. The van der Waals surface area contributed by atoms with Crippen LogP contribution < -0.4 is 14.4 Å². The van der Waals surface area contributed by atoms with Gasteiger partial charge in [0.15, 0.2) is 0 Å². The molecule has 0 aliphatic rings. The quantitative estimate of drug-likeness (QED) is 0.279. The SMILES string of the molecule is CC[C@H](C)NC(=O)[C@H](Cc1ccccc1)N(Cc1cccc(OC)c1)C(=O)CCCN(c1ccccc1)S(C)(=O)=O. The van der Waals surface area contributed by atoms with Crippen molar-refractivity contribution in [3.05, 3.63) is 96.1 Å². The number of carbonyl (C=O) groups is 2. The van der Waals surface area contributed by atoms with Crippen LogP contribution in [-0.4, -0.2) is 57.1 Å². The highest BCUT2D eigenvalue weighted by Crippen LogP contribution is 2.21. The first-order valence-electron chi connectivity index (χ1n) is 13.9. The van der Waals surface area contributed by atoms with Gasteiger partial charge in [0.2, 0.25) is 21.8 Å². The minimum atomic E-state index is -3.55. The van der Waals surface area contributed by atoms with Crippen LogP contribution >= 0.6 is 0 Å². The highest BCUT2D eigenvalue weighted by Gasteiger charge is 2.31. The van der Waals surface area contributed by atoms with Crippen molar-refractivity contribution in [2.45, 2.75) is 58.2 Å². The Hall–Kier alpha value is -3.85. The Morgan fingerprint density at radius 2 is 1.56 bits per heavy atom. The molecule has 2 atom stereocenters. The molecule has 0 heterocycles. The molecule has 0 spiro atoms. The number of carbonyl (C=O) groups excluding carboxylic acids is 2. The third-order valence-electron chi connectivity index (χ3n) is 6.96. The predicted molar refractivity (Wildman–Crippen MR) is 163 cm³/mol. The highest BCUT2D eigenvalue weighted by molar-refractivity contribution is 7.92. The van der Waals surface area contributed by atoms with Gasteiger partial charge < -0.3 is 15.0 Å². The molecule has 1 N–H and O–H groups in total. The average Bonchev–Trinajstić information content (AvgIpc) is 2.97. The summed E-state index contributed by atoms with van der Waals surface area (Å²) in [6.07, 6.45) is 2.63. The molecule has 0 aliphatic carbocycles. The van der Waals surface area contributed by atoms with Crippen molar-refractivity contribution < 1.29 is 22.7 Å². The topological polar surface area (TPSA) is 96.0 Å². The van der Waals surface area contributed by atoms with E-state index >= 15 is 0 Å².